The minimum absolute atomic E-state index is 0.116. The number of carbonyl (C=O) groups excluding carboxylic acids is 3. The molecule has 0 aliphatic heterocycles. The summed E-state index contributed by atoms with van der Waals surface area (Å²) in [5.74, 6) is -1.75. The van der Waals surface area contributed by atoms with Gasteiger partial charge in [-0.2, -0.15) is 5.10 Å². The Balaban J connectivity index is 2.34. The molecule has 2 aromatic heterocycles. The Labute approximate surface area is 153 Å². The highest BCUT2D eigenvalue weighted by Gasteiger charge is 2.27. The predicted octanol–water partition coefficient (Wildman–Crippen LogP) is 2.07. The van der Waals surface area contributed by atoms with Crippen LogP contribution in [-0.4, -0.2) is 48.5 Å². The van der Waals surface area contributed by atoms with Gasteiger partial charge in [0, 0.05) is 13.3 Å². The summed E-state index contributed by atoms with van der Waals surface area (Å²) in [5, 5.41) is 6.87. The van der Waals surface area contributed by atoms with Gasteiger partial charge in [-0.05, 0) is 25.5 Å². The second-order valence-electron chi connectivity index (χ2n) is 5.08. The van der Waals surface area contributed by atoms with Gasteiger partial charge in [-0.3, -0.25) is 4.79 Å². The van der Waals surface area contributed by atoms with E-state index in [0.717, 1.165) is 11.3 Å². The third kappa shape index (κ3) is 4.09. The zero-order valence-electron chi connectivity index (χ0n) is 14.8. The lowest BCUT2D eigenvalue weighted by Gasteiger charge is -2.04. The maximum absolute atomic E-state index is 12.4. The van der Waals surface area contributed by atoms with Gasteiger partial charge in [0.15, 0.2) is 5.69 Å². The van der Waals surface area contributed by atoms with Crippen LogP contribution in [0.4, 0.5) is 5.00 Å². The van der Waals surface area contributed by atoms with Crippen LogP contribution < -0.4 is 5.32 Å². The van der Waals surface area contributed by atoms with E-state index in [0.29, 0.717) is 5.56 Å². The van der Waals surface area contributed by atoms with E-state index in [-0.39, 0.29) is 34.5 Å². The number of ether oxygens (including phenoxy) is 3. The molecule has 1 amide bonds. The molecule has 0 fully saturated rings. The second-order valence-corrected chi connectivity index (χ2v) is 6.11. The first kappa shape index (κ1) is 19.6. The highest BCUT2D eigenvalue weighted by molar-refractivity contribution is 7.18. The van der Waals surface area contributed by atoms with Crippen molar-refractivity contribution < 1.29 is 28.6 Å². The molecule has 0 aliphatic rings. The number of rotatable bonds is 7. The van der Waals surface area contributed by atoms with Gasteiger partial charge in [0.1, 0.15) is 16.6 Å². The van der Waals surface area contributed by atoms with Crippen LogP contribution in [0.2, 0.25) is 0 Å². The van der Waals surface area contributed by atoms with Gasteiger partial charge in [0.05, 0.1) is 19.3 Å². The molecular weight excluding hydrogens is 362 g/mol. The van der Waals surface area contributed by atoms with Crippen molar-refractivity contribution in [3.8, 4) is 0 Å². The van der Waals surface area contributed by atoms with Gasteiger partial charge in [-0.15, -0.1) is 11.3 Å². The van der Waals surface area contributed by atoms with E-state index in [1.165, 1.54) is 25.0 Å². The van der Waals surface area contributed by atoms with Crippen LogP contribution in [0.5, 0.6) is 0 Å². The fourth-order valence-corrected chi connectivity index (χ4v) is 3.28. The van der Waals surface area contributed by atoms with Crippen LogP contribution in [0.15, 0.2) is 12.3 Å². The van der Waals surface area contributed by atoms with Gasteiger partial charge in [-0.1, -0.05) is 0 Å². The Bertz CT molecular complexity index is 826. The van der Waals surface area contributed by atoms with E-state index in [1.807, 2.05) is 0 Å². The predicted molar refractivity (Wildman–Crippen MR) is 93.5 cm³/mol. The van der Waals surface area contributed by atoms with Gasteiger partial charge in [0.2, 0.25) is 0 Å². The molecule has 9 nitrogen and oxygen atoms in total. The van der Waals surface area contributed by atoms with E-state index in [9.17, 15) is 14.4 Å². The van der Waals surface area contributed by atoms with Gasteiger partial charge in [-0.25, -0.2) is 14.3 Å². The highest BCUT2D eigenvalue weighted by Crippen LogP contribution is 2.34. The lowest BCUT2D eigenvalue weighted by Crippen LogP contribution is -2.15. The smallest absolute Gasteiger partial charge is 0.348 e. The van der Waals surface area contributed by atoms with Crippen molar-refractivity contribution in [1.29, 1.82) is 0 Å². The summed E-state index contributed by atoms with van der Waals surface area (Å²) in [6.45, 7) is 3.67. The Morgan fingerprint density at radius 3 is 2.62 bits per heavy atom. The number of amides is 1. The number of esters is 2. The third-order valence-electron chi connectivity index (χ3n) is 3.36. The first-order valence-electron chi connectivity index (χ1n) is 7.65. The minimum atomic E-state index is -0.658. The van der Waals surface area contributed by atoms with Gasteiger partial charge < -0.3 is 19.5 Å². The van der Waals surface area contributed by atoms with Crippen molar-refractivity contribution >= 4 is 34.2 Å². The molecular formula is C16H19N3O6S. The summed E-state index contributed by atoms with van der Waals surface area (Å²) in [4.78, 5) is 36.8. The largest absolute Gasteiger partial charge is 0.465 e. The number of nitrogens with zero attached hydrogens (tertiary/aromatic N) is 2. The molecule has 0 atom stereocenters. The Hall–Kier alpha value is -2.72. The second kappa shape index (κ2) is 8.59. The van der Waals surface area contributed by atoms with Crippen molar-refractivity contribution in [1.82, 2.24) is 9.78 Å². The fraction of sp³-hybridized carbons (Fsp3) is 0.375. The first-order valence-corrected chi connectivity index (χ1v) is 8.47. The van der Waals surface area contributed by atoms with E-state index in [1.54, 1.807) is 20.0 Å². The molecule has 2 heterocycles. The van der Waals surface area contributed by atoms with Crippen molar-refractivity contribution in [2.75, 3.05) is 26.1 Å². The third-order valence-corrected chi connectivity index (χ3v) is 4.55. The maximum Gasteiger partial charge on any atom is 0.348 e. The average molecular weight is 381 g/mol. The molecule has 2 rings (SSSR count). The number of thiophene rings is 1. The quantitative estimate of drug-likeness (QED) is 0.731. The fourth-order valence-electron chi connectivity index (χ4n) is 2.19. The summed E-state index contributed by atoms with van der Waals surface area (Å²) in [6.07, 6.45) is 1.59. The molecule has 2 aromatic rings. The molecule has 0 saturated heterocycles. The molecule has 1 N–H and O–H groups in total. The summed E-state index contributed by atoms with van der Waals surface area (Å²) in [5.41, 5.74) is 0.646. The molecule has 140 valence electrons. The van der Waals surface area contributed by atoms with E-state index in [2.05, 4.69) is 10.4 Å². The molecule has 0 aliphatic carbocycles. The van der Waals surface area contributed by atoms with E-state index < -0.39 is 17.8 Å². The number of hydrogen-bond donors (Lipinski definition) is 1. The van der Waals surface area contributed by atoms with Gasteiger partial charge >= 0.3 is 11.9 Å². The van der Waals surface area contributed by atoms with Crippen LogP contribution in [0, 0.1) is 6.92 Å². The number of nitrogens with one attached hydrogen (secondary N) is 1. The molecule has 0 unspecified atom stereocenters. The van der Waals surface area contributed by atoms with Crippen molar-refractivity contribution in [2.45, 2.75) is 20.6 Å². The molecule has 0 bridgehead atoms. The molecule has 0 aromatic carbocycles. The Kier molecular flexibility index (Phi) is 6.47. The lowest BCUT2D eigenvalue weighted by molar-refractivity contribution is 0.0531. The molecule has 0 spiro atoms. The topological polar surface area (TPSA) is 109 Å². The van der Waals surface area contributed by atoms with Crippen molar-refractivity contribution in [3.63, 3.8) is 0 Å². The summed E-state index contributed by atoms with van der Waals surface area (Å²) in [7, 11) is 2.73. The van der Waals surface area contributed by atoms with E-state index in [4.69, 9.17) is 14.2 Å². The average Bonchev–Trinajstić information content (AvgIpc) is 3.20. The van der Waals surface area contributed by atoms with Crippen LogP contribution in [-0.2, 0) is 20.9 Å². The van der Waals surface area contributed by atoms with Crippen LogP contribution in [0.3, 0.4) is 0 Å². The van der Waals surface area contributed by atoms with Crippen LogP contribution in [0.1, 0.15) is 43.0 Å². The summed E-state index contributed by atoms with van der Waals surface area (Å²) >= 11 is 0.951. The van der Waals surface area contributed by atoms with Crippen LogP contribution >= 0.6 is 11.3 Å². The molecule has 0 saturated carbocycles. The number of hydrogen-bond acceptors (Lipinski definition) is 8. The number of aromatic nitrogens is 2. The Morgan fingerprint density at radius 1 is 1.27 bits per heavy atom. The molecule has 10 heteroatoms. The highest BCUT2D eigenvalue weighted by atomic mass is 32.1. The SMILES string of the molecule is CCOC(=O)c1sc(NC(=O)c2ccn(COC)n2)c(C(=O)OC)c1C. The number of methoxy groups -OCH3 is 2. The zero-order chi connectivity index (χ0) is 19.3. The number of anilines is 1. The zero-order valence-corrected chi connectivity index (χ0v) is 15.6. The monoisotopic (exact) mass is 381 g/mol. The van der Waals surface area contributed by atoms with Gasteiger partial charge in [0.25, 0.3) is 5.91 Å². The molecule has 26 heavy (non-hydrogen) atoms. The minimum Gasteiger partial charge on any atom is -0.465 e. The maximum atomic E-state index is 12.4. The Morgan fingerprint density at radius 2 is 2.00 bits per heavy atom. The van der Waals surface area contributed by atoms with Crippen LogP contribution in [0.25, 0.3) is 0 Å². The first-order chi connectivity index (χ1) is 12.4. The standard InChI is InChI=1S/C16H19N3O6S/c1-5-25-16(22)12-9(2)11(15(21)24-4)14(26-12)17-13(20)10-6-7-19(18-10)8-23-3/h6-7H,5,8H2,1-4H3,(H,17,20). The normalized spacial score (nSPS) is 10.5. The lowest BCUT2D eigenvalue weighted by atomic mass is 10.1. The summed E-state index contributed by atoms with van der Waals surface area (Å²) in [6, 6.07) is 1.51. The van der Waals surface area contributed by atoms with E-state index >= 15 is 0 Å². The number of carbonyl (C=O) groups is 3. The van der Waals surface area contributed by atoms with Crippen molar-refractivity contribution in [2.24, 2.45) is 0 Å². The molecule has 0 radical (unpaired) electrons. The summed E-state index contributed by atoms with van der Waals surface area (Å²) < 4.78 is 16.1. The van der Waals surface area contributed by atoms with Crippen molar-refractivity contribution in [3.05, 3.63) is 34.0 Å².